The quantitative estimate of drug-likeness (QED) is 0.317. The van der Waals surface area contributed by atoms with Crippen molar-refractivity contribution < 1.29 is 23.2 Å². The summed E-state index contributed by atoms with van der Waals surface area (Å²) in [7, 11) is 0. The second kappa shape index (κ2) is 14.2. The molecule has 1 amide bonds. The SMILES string of the molecule is C.CC(C)COc1cc(NC2CCN(C(=O)CCN3CCN(c4ccc(F)cc4F)CC3)CC2)ccc1[N+](=O)[O-]. The average molecular weight is 562 g/mol. The normalized spacial score (nSPS) is 16.5. The molecule has 2 aromatic carbocycles. The van der Waals surface area contributed by atoms with Gasteiger partial charge in [0.25, 0.3) is 0 Å². The average Bonchev–Trinajstić information content (AvgIpc) is 2.91. The third-order valence-corrected chi connectivity index (χ3v) is 7.21. The lowest BCUT2D eigenvalue weighted by Gasteiger charge is -2.37. The number of nitrogens with one attached hydrogen (secondary N) is 1. The molecule has 2 fully saturated rings. The fourth-order valence-corrected chi connectivity index (χ4v) is 5.00. The van der Waals surface area contributed by atoms with Crippen molar-refractivity contribution in [3.8, 4) is 5.75 Å². The zero-order chi connectivity index (χ0) is 27.9. The Hall–Kier alpha value is -3.47. The van der Waals surface area contributed by atoms with Crippen LogP contribution in [0.2, 0.25) is 0 Å². The van der Waals surface area contributed by atoms with E-state index in [0.29, 0.717) is 64.5 Å². The second-order valence-electron chi connectivity index (χ2n) is 10.6. The minimum absolute atomic E-state index is 0. The van der Waals surface area contributed by atoms with Crippen LogP contribution in [0.15, 0.2) is 36.4 Å². The third kappa shape index (κ3) is 8.27. The number of amides is 1. The molecule has 0 atom stereocenters. The molecule has 2 heterocycles. The lowest BCUT2D eigenvalue weighted by Crippen LogP contribution is -2.48. The predicted octanol–water partition coefficient (Wildman–Crippen LogP) is 5.16. The van der Waals surface area contributed by atoms with Crippen LogP contribution >= 0.6 is 0 Å². The molecule has 40 heavy (non-hydrogen) atoms. The molecule has 2 saturated heterocycles. The van der Waals surface area contributed by atoms with Crippen LogP contribution in [0.5, 0.6) is 5.75 Å². The number of piperidine rings is 1. The van der Waals surface area contributed by atoms with Gasteiger partial charge in [0, 0.05) is 82.2 Å². The van der Waals surface area contributed by atoms with Gasteiger partial charge in [-0.25, -0.2) is 8.78 Å². The maximum Gasteiger partial charge on any atom is 0.311 e. The van der Waals surface area contributed by atoms with Crippen molar-refractivity contribution in [1.29, 1.82) is 0 Å². The van der Waals surface area contributed by atoms with Gasteiger partial charge in [-0.05, 0) is 37.0 Å². The molecule has 0 radical (unpaired) electrons. The van der Waals surface area contributed by atoms with E-state index in [9.17, 15) is 23.7 Å². The number of nitrogens with zero attached hydrogens (tertiary/aromatic N) is 4. The number of rotatable bonds is 10. The number of halogens is 2. The first kappa shape index (κ1) is 31.1. The summed E-state index contributed by atoms with van der Waals surface area (Å²) in [6.07, 6.45) is 2.00. The number of nitro groups is 1. The summed E-state index contributed by atoms with van der Waals surface area (Å²) in [5.41, 5.74) is 1.13. The van der Waals surface area contributed by atoms with Crippen LogP contribution in [0, 0.1) is 27.7 Å². The summed E-state index contributed by atoms with van der Waals surface area (Å²) in [6, 6.07) is 8.66. The summed E-state index contributed by atoms with van der Waals surface area (Å²) in [4.78, 5) is 29.8. The summed E-state index contributed by atoms with van der Waals surface area (Å²) >= 11 is 0. The first-order chi connectivity index (χ1) is 18.7. The Labute approximate surface area is 235 Å². The summed E-state index contributed by atoms with van der Waals surface area (Å²) in [6.45, 7) is 9.01. The van der Waals surface area contributed by atoms with Crippen LogP contribution < -0.4 is 15.0 Å². The fourth-order valence-electron chi connectivity index (χ4n) is 5.00. The lowest BCUT2D eigenvalue weighted by atomic mass is 10.0. The summed E-state index contributed by atoms with van der Waals surface area (Å²) in [5.74, 6) is -0.501. The van der Waals surface area contributed by atoms with Gasteiger partial charge in [0.2, 0.25) is 5.91 Å². The van der Waals surface area contributed by atoms with Crippen LogP contribution in [0.3, 0.4) is 0 Å². The van der Waals surface area contributed by atoms with Gasteiger partial charge in [-0.15, -0.1) is 0 Å². The lowest BCUT2D eigenvalue weighted by molar-refractivity contribution is -0.385. The molecule has 0 aromatic heterocycles. The molecule has 9 nitrogen and oxygen atoms in total. The number of carbonyl (C=O) groups excluding carboxylic acids is 1. The zero-order valence-corrected chi connectivity index (χ0v) is 22.6. The van der Waals surface area contributed by atoms with Crippen molar-refractivity contribution in [2.75, 3.05) is 62.6 Å². The molecular formula is C29H41F2N5O4. The molecule has 2 aromatic rings. The maximum absolute atomic E-state index is 14.1. The fraction of sp³-hybridized carbons (Fsp3) is 0.552. The van der Waals surface area contributed by atoms with Crippen molar-refractivity contribution in [2.45, 2.75) is 46.6 Å². The van der Waals surface area contributed by atoms with E-state index in [0.717, 1.165) is 24.6 Å². The second-order valence-corrected chi connectivity index (χ2v) is 10.6. The number of benzene rings is 2. The van der Waals surface area contributed by atoms with Crippen molar-refractivity contribution in [2.24, 2.45) is 5.92 Å². The Morgan fingerprint density at radius 3 is 2.40 bits per heavy atom. The van der Waals surface area contributed by atoms with Crippen molar-refractivity contribution in [3.05, 3.63) is 58.1 Å². The van der Waals surface area contributed by atoms with Crippen LogP contribution in [0.4, 0.5) is 25.8 Å². The molecule has 2 aliphatic heterocycles. The molecule has 0 bridgehead atoms. The van der Waals surface area contributed by atoms with E-state index in [1.54, 1.807) is 12.1 Å². The van der Waals surface area contributed by atoms with E-state index in [1.807, 2.05) is 23.6 Å². The first-order valence-electron chi connectivity index (χ1n) is 13.6. The highest BCUT2D eigenvalue weighted by atomic mass is 19.1. The topological polar surface area (TPSA) is 91.2 Å². The number of nitro benzene ring substituents is 1. The monoisotopic (exact) mass is 561 g/mol. The molecule has 0 unspecified atom stereocenters. The first-order valence-corrected chi connectivity index (χ1v) is 13.6. The van der Waals surface area contributed by atoms with Crippen molar-refractivity contribution in [1.82, 2.24) is 9.80 Å². The van der Waals surface area contributed by atoms with Crippen LogP contribution in [-0.4, -0.2) is 79.1 Å². The highest BCUT2D eigenvalue weighted by Gasteiger charge is 2.25. The number of piperazine rings is 1. The van der Waals surface area contributed by atoms with E-state index >= 15 is 0 Å². The molecule has 0 saturated carbocycles. The maximum atomic E-state index is 14.1. The van der Waals surface area contributed by atoms with Crippen LogP contribution in [-0.2, 0) is 4.79 Å². The van der Waals surface area contributed by atoms with Gasteiger partial charge in [-0.1, -0.05) is 21.3 Å². The van der Waals surface area contributed by atoms with E-state index in [-0.39, 0.29) is 36.7 Å². The number of likely N-dealkylation sites (tertiary alicyclic amines) is 1. The Morgan fingerprint density at radius 2 is 1.77 bits per heavy atom. The molecule has 4 rings (SSSR count). The van der Waals surface area contributed by atoms with Crippen LogP contribution in [0.1, 0.15) is 40.5 Å². The molecule has 0 aliphatic carbocycles. The number of ether oxygens (including phenoxy) is 1. The number of hydrogen-bond donors (Lipinski definition) is 1. The molecule has 2 aliphatic rings. The van der Waals surface area contributed by atoms with Gasteiger partial charge in [-0.2, -0.15) is 0 Å². The van der Waals surface area contributed by atoms with Crippen LogP contribution in [0.25, 0.3) is 0 Å². The smallest absolute Gasteiger partial charge is 0.311 e. The Morgan fingerprint density at radius 1 is 1.07 bits per heavy atom. The van der Waals surface area contributed by atoms with E-state index in [2.05, 4.69) is 10.2 Å². The highest BCUT2D eigenvalue weighted by molar-refractivity contribution is 5.76. The minimum Gasteiger partial charge on any atom is -0.486 e. The van der Waals surface area contributed by atoms with Gasteiger partial charge in [0.05, 0.1) is 17.2 Å². The van der Waals surface area contributed by atoms with Gasteiger partial charge in [-0.3, -0.25) is 19.8 Å². The van der Waals surface area contributed by atoms with Crippen molar-refractivity contribution in [3.63, 3.8) is 0 Å². The number of carbonyl (C=O) groups is 1. The van der Waals surface area contributed by atoms with Gasteiger partial charge < -0.3 is 19.9 Å². The minimum atomic E-state index is -0.583. The Balaban J connectivity index is 0.00000441. The molecule has 0 spiro atoms. The predicted molar refractivity (Wildman–Crippen MR) is 153 cm³/mol. The molecular weight excluding hydrogens is 520 g/mol. The van der Waals surface area contributed by atoms with Crippen molar-refractivity contribution >= 4 is 23.0 Å². The standard InChI is InChI=1S/C28H37F2N5O4.CH4/c1-20(2)19-39-27-18-23(4-6-26(27)35(37)38)31-22-7-11-34(12-8-22)28(36)9-10-32-13-15-33(16-14-32)25-5-3-21(29)17-24(25)30;/h3-6,17-18,20,22,31H,7-16,19H2,1-2H3;1H4. The van der Waals surface area contributed by atoms with Gasteiger partial charge >= 0.3 is 5.69 Å². The molecule has 1 N–H and O–H groups in total. The summed E-state index contributed by atoms with van der Waals surface area (Å²) in [5, 5.41) is 14.8. The number of hydrogen-bond acceptors (Lipinski definition) is 7. The Kier molecular flexibility index (Phi) is 11.1. The molecule has 11 heteroatoms. The van der Waals surface area contributed by atoms with Gasteiger partial charge in [0.1, 0.15) is 11.6 Å². The van der Waals surface area contributed by atoms with E-state index in [1.165, 1.54) is 18.2 Å². The van der Waals surface area contributed by atoms with E-state index < -0.39 is 16.6 Å². The highest BCUT2D eigenvalue weighted by Crippen LogP contribution is 2.31. The van der Waals surface area contributed by atoms with Gasteiger partial charge in [0.15, 0.2) is 5.75 Å². The third-order valence-electron chi connectivity index (χ3n) is 7.21. The Bertz CT molecular complexity index is 1150. The number of anilines is 2. The summed E-state index contributed by atoms with van der Waals surface area (Å²) < 4.78 is 33.0. The van der Waals surface area contributed by atoms with E-state index in [4.69, 9.17) is 4.74 Å². The largest absolute Gasteiger partial charge is 0.486 e. The molecule has 220 valence electrons. The zero-order valence-electron chi connectivity index (χ0n) is 22.6.